The lowest BCUT2D eigenvalue weighted by Crippen LogP contribution is -2.27. The first-order valence-corrected chi connectivity index (χ1v) is 6.72. The molecule has 2 heteroatoms. The second-order valence-electron chi connectivity index (χ2n) is 8.21. The van der Waals surface area contributed by atoms with Gasteiger partial charge in [0.05, 0.1) is 5.69 Å². The molecular formula is C16H28N2. The highest BCUT2D eigenvalue weighted by atomic mass is 14.9. The third-order valence-corrected chi connectivity index (χ3v) is 2.98. The van der Waals surface area contributed by atoms with Crippen molar-refractivity contribution < 1.29 is 0 Å². The van der Waals surface area contributed by atoms with Crippen molar-refractivity contribution in [1.29, 1.82) is 0 Å². The van der Waals surface area contributed by atoms with Gasteiger partial charge < -0.3 is 0 Å². The van der Waals surface area contributed by atoms with Crippen LogP contribution in [0.15, 0.2) is 6.20 Å². The highest BCUT2D eigenvalue weighted by Gasteiger charge is 2.29. The summed E-state index contributed by atoms with van der Waals surface area (Å²) in [6, 6.07) is 0. The van der Waals surface area contributed by atoms with Crippen LogP contribution >= 0.6 is 0 Å². The zero-order valence-electron chi connectivity index (χ0n) is 13.5. The van der Waals surface area contributed by atoms with Crippen molar-refractivity contribution in [1.82, 2.24) is 9.97 Å². The van der Waals surface area contributed by atoms with E-state index in [2.05, 4.69) is 67.3 Å². The molecule has 102 valence electrons. The Kier molecular flexibility index (Phi) is 3.64. The minimum atomic E-state index is -0.00356. The molecule has 0 atom stereocenters. The van der Waals surface area contributed by atoms with Gasteiger partial charge in [0.2, 0.25) is 0 Å². The molecule has 0 aliphatic rings. The lowest BCUT2D eigenvalue weighted by atomic mass is 9.79. The molecule has 1 rings (SSSR count). The second kappa shape index (κ2) is 4.32. The summed E-state index contributed by atoms with van der Waals surface area (Å²) in [5.74, 6) is 0.931. The fourth-order valence-corrected chi connectivity index (χ4v) is 1.86. The van der Waals surface area contributed by atoms with Gasteiger partial charge >= 0.3 is 0 Å². The van der Waals surface area contributed by atoms with Crippen molar-refractivity contribution >= 4 is 0 Å². The van der Waals surface area contributed by atoms with Gasteiger partial charge in [0.1, 0.15) is 5.82 Å². The Bertz CT molecular complexity index is 426. The smallest absolute Gasteiger partial charge is 0.133 e. The van der Waals surface area contributed by atoms with Crippen molar-refractivity contribution in [3.05, 3.63) is 23.3 Å². The first-order valence-electron chi connectivity index (χ1n) is 6.72. The monoisotopic (exact) mass is 248 g/mol. The predicted octanol–water partition coefficient (Wildman–Crippen LogP) is 4.37. The quantitative estimate of drug-likeness (QED) is 0.681. The van der Waals surface area contributed by atoms with Crippen molar-refractivity contribution in [3.8, 4) is 0 Å². The molecule has 0 fully saturated rings. The number of nitrogens with zero attached hydrogens (tertiary/aromatic N) is 2. The number of aromatic nitrogens is 2. The zero-order valence-corrected chi connectivity index (χ0v) is 13.5. The molecule has 0 unspecified atom stereocenters. The third-order valence-electron chi connectivity index (χ3n) is 2.98. The minimum Gasteiger partial charge on any atom is -0.240 e. The standard InChI is InChI=1S/C16H28N2/c1-14(2,3)11-10-17-13(16(7,8)9)18-12(11)15(4,5)6/h10H,1-9H3. The molecular weight excluding hydrogens is 220 g/mol. The highest BCUT2D eigenvalue weighted by molar-refractivity contribution is 5.31. The average Bonchev–Trinajstić information content (AvgIpc) is 2.12. The van der Waals surface area contributed by atoms with Gasteiger partial charge in [-0.2, -0.15) is 0 Å². The molecule has 18 heavy (non-hydrogen) atoms. The van der Waals surface area contributed by atoms with Crippen molar-refractivity contribution in [2.45, 2.75) is 78.6 Å². The van der Waals surface area contributed by atoms with E-state index < -0.39 is 0 Å². The van der Waals surface area contributed by atoms with E-state index in [0.29, 0.717) is 0 Å². The van der Waals surface area contributed by atoms with Crippen LogP contribution in [-0.4, -0.2) is 9.97 Å². The van der Waals surface area contributed by atoms with Gasteiger partial charge in [0.15, 0.2) is 0 Å². The van der Waals surface area contributed by atoms with Crippen LogP contribution in [0.3, 0.4) is 0 Å². The topological polar surface area (TPSA) is 25.8 Å². The number of rotatable bonds is 0. The molecule has 0 N–H and O–H groups in total. The molecule has 1 heterocycles. The zero-order chi connectivity index (χ0) is 14.4. The molecule has 0 aromatic carbocycles. The molecule has 0 bridgehead atoms. The summed E-state index contributed by atoms with van der Waals surface area (Å²) in [5.41, 5.74) is 2.55. The summed E-state index contributed by atoms with van der Waals surface area (Å²) < 4.78 is 0. The summed E-state index contributed by atoms with van der Waals surface area (Å²) >= 11 is 0. The van der Waals surface area contributed by atoms with Crippen LogP contribution in [0.25, 0.3) is 0 Å². The molecule has 0 aliphatic carbocycles. The molecule has 1 aromatic heterocycles. The van der Waals surface area contributed by atoms with E-state index in [9.17, 15) is 0 Å². The molecule has 0 radical (unpaired) electrons. The number of hydrogen-bond acceptors (Lipinski definition) is 2. The molecule has 0 spiro atoms. The van der Waals surface area contributed by atoms with Crippen LogP contribution in [0.2, 0.25) is 0 Å². The molecule has 0 saturated carbocycles. The first-order chi connectivity index (χ1) is 7.83. The molecule has 0 saturated heterocycles. The van der Waals surface area contributed by atoms with Crippen LogP contribution in [0.4, 0.5) is 0 Å². The van der Waals surface area contributed by atoms with E-state index in [1.54, 1.807) is 0 Å². The van der Waals surface area contributed by atoms with E-state index >= 15 is 0 Å². The molecule has 0 aliphatic heterocycles. The first kappa shape index (κ1) is 15.1. The maximum Gasteiger partial charge on any atom is 0.133 e. The van der Waals surface area contributed by atoms with Crippen LogP contribution in [0, 0.1) is 0 Å². The molecule has 2 nitrogen and oxygen atoms in total. The van der Waals surface area contributed by atoms with Gasteiger partial charge in [-0.3, -0.25) is 0 Å². The fraction of sp³-hybridized carbons (Fsp3) is 0.750. The number of hydrogen-bond donors (Lipinski definition) is 0. The maximum atomic E-state index is 4.87. The van der Waals surface area contributed by atoms with Gasteiger partial charge in [-0.25, -0.2) is 9.97 Å². The Morgan fingerprint density at radius 2 is 1.22 bits per heavy atom. The predicted molar refractivity (Wildman–Crippen MR) is 78.1 cm³/mol. The third kappa shape index (κ3) is 3.30. The summed E-state index contributed by atoms with van der Waals surface area (Å²) in [4.78, 5) is 9.45. The van der Waals surface area contributed by atoms with E-state index in [-0.39, 0.29) is 16.2 Å². The summed E-state index contributed by atoms with van der Waals surface area (Å²) in [6.45, 7) is 19.8. The summed E-state index contributed by atoms with van der Waals surface area (Å²) in [5, 5.41) is 0. The van der Waals surface area contributed by atoms with E-state index in [4.69, 9.17) is 4.98 Å². The Balaban J connectivity index is 3.50. The largest absolute Gasteiger partial charge is 0.240 e. The van der Waals surface area contributed by atoms with Gasteiger partial charge in [-0.05, 0) is 11.0 Å². The van der Waals surface area contributed by atoms with Crippen LogP contribution < -0.4 is 0 Å². The van der Waals surface area contributed by atoms with Crippen LogP contribution in [-0.2, 0) is 16.2 Å². The molecule has 0 amide bonds. The summed E-state index contributed by atoms with van der Waals surface area (Å²) in [7, 11) is 0. The second-order valence-corrected chi connectivity index (χ2v) is 8.21. The van der Waals surface area contributed by atoms with Crippen LogP contribution in [0.1, 0.15) is 79.4 Å². The van der Waals surface area contributed by atoms with E-state index in [1.165, 1.54) is 11.3 Å². The van der Waals surface area contributed by atoms with Crippen molar-refractivity contribution in [3.63, 3.8) is 0 Å². The Morgan fingerprint density at radius 3 is 1.56 bits per heavy atom. The van der Waals surface area contributed by atoms with E-state index in [0.717, 1.165) is 5.82 Å². The van der Waals surface area contributed by atoms with Gasteiger partial charge in [0, 0.05) is 17.0 Å². The Hall–Kier alpha value is -0.920. The van der Waals surface area contributed by atoms with Crippen LogP contribution in [0.5, 0.6) is 0 Å². The Labute approximate surface area is 112 Å². The lowest BCUT2D eigenvalue weighted by Gasteiger charge is -2.30. The highest BCUT2D eigenvalue weighted by Crippen LogP contribution is 2.33. The normalized spacial score (nSPS) is 13.8. The Morgan fingerprint density at radius 1 is 0.722 bits per heavy atom. The van der Waals surface area contributed by atoms with Gasteiger partial charge in [-0.15, -0.1) is 0 Å². The minimum absolute atomic E-state index is 0.00356. The SMILES string of the molecule is CC(C)(C)c1ncc(C(C)(C)C)c(C(C)(C)C)n1. The van der Waals surface area contributed by atoms with Crippen molar-refractivity contribution in [2.24, 2.45) is 0 Å². The fourth-order valence-electron chi connectivity index (χ4n) is 1.86. The lowest BCUT2D eigenvalue weighted by molar-refractivity contribution is 0.481. The maximum absolute atomic E-state index is 4.87. The van der Waals surface area contributed by atoms with Gasteiger partial charge in [0.25, 0.3) is 0 Å². The summed E-state index contributed by atoms with van der Waals surface area (Å²) in [6.07, 6.45) is 2.02. The molecule has 1 aromatic rings. The van der Waals surface area contributed by atoms with E-state index in [1.807, 2.05) is 6.20 Å². The van der Waals surface area contributed by atoms with Gasteiger partial charge in [-0.1, -0.05) is 62.3 Å². The van der Waals surface area contributed by atoms with Crippen molar-refractivity contribution in [2.75, 3.05) is 0 Å². The average molecular weight is 248 g/mol.